The van der Waals surface area contributed by atoms with Gasteiger partial charge in [-0.3, -0.25) is 0 Å². The van der Waals surface area contributed by atoms with Crippen LogP contribution in [0.5, 0.6) is 5.75 Å². The van der Waals surface area contributed by atoms with Crippen LogP contribution in [0.2, 0.25) is 0 Å². The van der Waals surface area contributed by atoms with Crippen LogP contribution in [0.4, 0.5) is 0 Å². The third-order valence-corrected chi connectivity index (χ3v) is 5.30. The van der Waals surface area contributed by atoms with Crippen LogP contribution in [0.3, 0.4) is 0 Å². The van der Waals surface area contributed by atoms with Gasteiger partial charge in [0.25, 0.3) is 0 Å². The van der Waals surface area contributed by atoms with Crippen LogP contribution in [0, 0.1) is 3.57 Å². The number of hydrogen-bond donors (Lipinski definition) is 0. The topological polar surface area (TPSA) is 61.8 Å². The second-order valence-corrected chi connectivity index (χ2v) is 6.38. The SMILES string of the molecule is COc1cccc(I(OC(C)=O)OC(C)=O)c1. The maximum absolute atomic E-state index is 11.0. The molecule has 0 aliphatic carbocycles. The van der Waals surface area contributed by atoms with Crippen molar-refractivity contribution < 1.29 is 20.5 Å². The summed E-state index contributed by atoms with van der Waals surface area (Å²) in [5.74, 6) is -0.289. The van der Waals surface area contributed by atoms with Crippen molar-refractivity contribution in [3.8, 4) is 5.75 Å². The van der Waals surface area contributed by atoms with Gasteiger partial charge in [0.15, 0.2) is 0 Å². The van der Waals surface area contributed by atoms with E-state index >= 15 is 0 Å². The van der Waals surface area contributed by atoms with Crippen molar-refractivity contribution in [3.05, 3.63) is 27.8 Å². The minimum absolute atomic E-state index is 0.459. The van der Waals surface area contributed by atoms with Crippen LogP contribution in [0.25, 0.3) is 0 Å². The van der Waals surface area contributed by atoms with E-state index in [0.29, 0.717) is 9.32 Å². The van der Waals surface area contributed by atoms with E-state index < -0.39 is 32.6 Å². The molecule has 0 unspecified atom stereocenters. The van der Waals surface area contributed by atoms with Gasteiger partial charge in [-0.05, 0) is 0 Å². The Bertz CT molecular complexity index is 402. The fourth-order valence-electron chi connectivity index (χ4n) is 0.992. The molecule has 0 spiro atoms. The molecule has 0 N–H and O–H groups in total. The Balaban J connectivity index is 2.94. The van der Waals surface area contributed by atoms with Crippen molar-refractivity contribution in [2.45, 2.75) is 13.8 Å². The van der Waals surface area contributed by atoms with E-state index in [9.17, 15) is 9.59 Å². The van der Waals surface area contributed by atoms with Crippen molar-refractivity contribution in [3.63, 3.8) is 0 Å². The first-order chi connectivity index (χ1) is 8.02. The van der Waals surface area contributed by atoms with Gasteiger partial charge >= 0.3 is 108 Å². The predicted molar refractivity (Wildman–Crippen MR) is 69.2 cm³/mol. The average molecular weight is 352 g/mol. The second-order valence-electron chi connectivity index (χ2n) is 3.02. The van der Waals surface area contributed by atoms with E-state index in [1.807, 2.05) is 0 Å². The summed E-state index contributed by atoms with van der Waals surface area (Å²) in [7, 11) is 1.54. The molecule has 0 saturated heterocycles. The minimum atomic E-state index is -2.72. The standard InChI is InChI=1S/C11H13IO5/c1-8(13)16-12(17-9(2)14)10-5-4-6-11(7-10)15-3/h4-7H,1-3H3. The first-order valence-electron chi connectivity index (χ1n) is 4.75. The molecule has 1 rings (SSSR count). The summed E-state index contributed by atoms with van der Waals surface area (Å²) >= 11 is -2.72. The van der Waals surface area contributed by atoms with Crippen molar-refractivity contribution in [1.82, 2.24) is 0 Å². The number of carbonyl (C=O) groups excluding carboxylic acids is 2. The molecule has 6 heteroatoms. The second kappa shape index (κ2) is 6.43. The molecule has 0 saturated carbocycles. The Morgan fingerprint density at radius 1 is 1.12 bits per heavy atom. The normalized spacial score (nSPS) is 10.4. The number of halogens is 1. The molecule has 5 nitrogen and oxygen atoms in total. The Hall–Kier alpha value is -1.31. The summed E-state index contributed by atoms with van der Waals surface area (Å²) in [4.78, 5) is 21.9. The van der Waals surface area contributed by atoms with E-state index in [0.717, 1.165) is 0 Å². The molecule has 0 radical (unpaired) electrons. The third-order valence-electron chi connectivity index (χ3n) is 1.57. The number of carbonyl (C=O) groups is 2. The molecule has 1 aromatic rings. The van der Waals surface area contributed by atoms with Gasteiger partial charge in [0.2, 0.25) is 0 Å². The number of benzene rings is 1. The van der Waals surface area contributed by atoms with Crippen LogP contribution in [-0.2, 0) is 15.7 Å². The summed E-state index contributed by atoms with van der Waals surface area (Å²) in [6, 6.07) is 6.97. The molecule has 17 heavy (non-hydrogen) atoms. The molecular formula is C11H13IO5. The summed E-state index contributed by atoms with van der Waals surface area (Å²) in [6.45, 7) is 2.57. The fourth-order valence-corrected chi connectivity index (χ4v) is 3.78. The maximum atomic E-state index is 11.0. The van der Waals surface area contributed by atoms with Gasteiger partial charge in [-0.25, -0.2) is 0 Å². The van der Waals surface area contributed by atoms with Gasteiger partial charge in [0.1, 0.15) is 0 Å². The van der Waals surface area contributed by atoms with Crippen molar-refractivity contribution in [1.29, 1.82) is 0 Å². The van der Waals surface area contributed by atoms with Crippen molar-refractivity contribution in [2.24, 2.45) is 0 Å². The van der Waals surface area contributed by atoms with Gasteiger partial charge in [-0.15, -0.1) is 0 Å². The van der Waals surface area contributed by atoms with E-state index in [4.69, 9.17) is 10.9 Å². The van der Waals surface area contributed by atoms with Crippen molar-refractivity contribution >= 4 is 32.6 Å². The first kappa shape index (κ1) is 13.8. The zero-order valence-corrected chi connectivity index (χ0v) is 11.9. The zero-order chi connectivity index (χ0) is 12.8. The Kier molecular flexibility index (Phi) is 5.20. The third kappa shape index (κ3) is 4.59. The van der Waals surface area contributed by atoms with Crippen LogP contribution in [0.15, 0.2) is 24.3 Å². The quantitative estimate of drug-likeness (QED) is 0.779. The summed E-state index contributed by atoms with van der Waals surface area (Å²) in [5, 5.41) is 0. The Morgan fingerprint density at radius 2 is 1.71 bits per heavy atom. The summed E-state index contributed by atoms with van der Waals surface area (Å²) < 4.78 is 15.9. The molecule has 0 bridgehead atoms. The predicted octanol–water partition coefficient (Wildman–Crippen LogP) is 2.33. The van der Waals surface area contributed by atoms with E-state index in [-0.39, 0.29) is 0 Å². The molecule has 0 amide bonds. The molecular weight excluding hydrogens is 339 g/mol. The number of rotatable bonds is 4. The van der Waals surface area contributed by atoms with Gasteiger partial charge in [0, 0.05) is 0 Å². The van der Waals surface area contributed by atoms with Crippen LogP contribution in [0.1, 0.15) is 13.8 Å². The van der Waals surface area contributed by atoms with Gasteiger partial charge in [0.05, 0.1) is 0 Å². The number of methoxy groups -OCH3 is 1. The van der Waals surface area contributed by atoms with Gasteiger partial charge < -0.3 is 0 Å². The molecule has 0 fully saturated rings. The Labute approximate surface area is 108 Å². The molecule has 0 aromatic heterocycles. The average Bonchev–Trinajstić information content (AvgIpc) is 2.27. The molecule has 0 atom stereocenters. The van der Waals surface area contributed by atoms with Gasteiger partial charge in [-0.1, -0.05) is 0 Å². The molecule has 94 valence electrons. The number of ether oxygens (including phenoxy) is 1. The Morgan fingerprint density at radius 3 is 2.18 bits per heavy atom. The molecule has 0 aliphatic heterocycles. The zero-order valence-electron chi connectivity index (χ0n) is 9.73. The first-order valence-corrected chi connectivity index (χ1v) is 7.59. The molecule has 0 heterocycles. The van der Waals surface area contributed by atoms with E-state index in [1.54, 1.807) is 24.3 Å². The summed E-state index contributed by atoms with van der Waals surface area (Å²) in [5.41, 5.74) is 0. The van der Waals surface area contributed by atoms with Gasteiger partial charge in [-0.2, -0.15) is 0 Å². The van der Waals surface area contributed by atoms with E-state index in [1.165, 1.54) is 21.0 Å². The van der Waals surface area contributed by atoms with Crippen LogP contribution < -0.4 is 4.74 Å². The van der Waals surface area contributed by atoms with Crippen LogP contribution >= 0.6 is 20.6 Å². The summed E-state index contributed by atoms with van der Waals surface area (Å²) in [6.07, 6.45) is 0. The number of hydrogen-bond acceptors (Lipinski definition) is 5. The molecule has 1 aromatic carbocycles. The fraction of sp³-hybridized carbons (Fsp3) is 0.273. The van der Waals surface area contributed by atoms with Crippen molar-refractivity contribution in [2.75, 3.05) is 7.11 Å². The monoisotopic (exact) mass is 352 g/mol. The van der Waals surface area contributed by atoms with E-state index in [2.05, 4.69) is 0 Å². The van der Waals surface area contributed by atoms with Crippen LogP contribution in [-0.4, -0.2) is 19.0 Å². The molecule has 0 aliphatic rings.